The van der Waals surface area contributed by atoms with Crippen LogP contribution in [0.1, 0.15) is 31.3 Å². The summed E-state index contributed by atoms with van der Waals surface area (Å²) in [7, 11) is 0. The predicted molar refractivity (Wildman–Crippen MR) is 86.2 cm³/mol. The van der Waals surface area contributed by atoms with Gasteiger partial charge in [-0.05, 0) is 43.9 Å². The molecule has 0 aliphatic rings. The first-order chi connectivity index (χ1) is 9.60. The third kappa shape index (κ3) is 4.06. The second-order valence-electron chi connectivity index (χ2n) is 5.27. The van der Waals surface area contributed by atoms with Gasteiger partial charge in [0.15, 0.2) is 0 Å². The van der Waals surface area contributed by atoms with E-state index in [1.165, 1.54) is 5.56 Å². The lowest BCUT2D eigenvalue weighted by atomic mass is 9.97. The molecule has 2 aromatic rings. The van der Waals surface area contributed by atoms with E-state index in [1.807, 2.05) is 4.68 Å². The van der Waals surface area contributed by atoms with Gasteiger partial charge in [-0.1, -0.05) is 28.1 Å². The van der Waals surface area contributed by atoms with E-state index in [9.17, 15) is 0 Å². The summed E-state index contributed by atoms with van der Waals surface area (Å²) in [6.07, 6.45) is 3.44. The monoisotopic (exact) mass is 355 g/mol. The number of alkyl halides is 1. The molecule has 0 saturated carbocycles. The highest BCUT2D eigenvalue weighted by molar-refractivity contribution is 9.10. The van der Waals surface area contributed by atoms with Crippen LogP contribution in [0.5, 0.6) is 0 Å². The van der Waals surface area contributed by atoms with Gasteiger partial charge >= 0.3 is 0 Å². The first-order valence-electron chi connectivity index (χ1n) is 6.79. The maximum atomic E-state index is 6.13. The minimum absolute atomic E-state index is 0.330. The lowest BCUT2D eigenvalue weighted by Gasteiger charge is -2.15. The van der Waals surface area contributed by atoms with Crippen molar-refractivity contribution in [2.24, 2.45) is 5.92 Å². The third-order valence-corrected chi connectivity index (χ3v) is 4.23. The predicted octanol–water partition coefficient (Wildman–Crippen LogP) is 4.26. The average molecular weight is 357 g/mol. The zero-order valence-corrected chi connectivity index (χ0v) is 14.1. The summed E-state index contributed by atoms with van der Waals surface area (Å²) < 4.78 is 3.07. The second kappa shape index (κ2) is 7.23. The first-order valence-corrected chi connectivity index (χ1v) is 8.11. The maximum Gasteiger partial charge on any atom is 0.138 e. The summed E-state index contributed by atoms with van der Waals surface area (Å²) in [6.45, 7) is 4.23. The zero-order chi connectivity index (χ0) is 14.5. The normalized spacial score (nSPS) is 12.8. The lowest BCUT2D eigenvalue weighted by Crippen LogP contribution is -2.16. The van der Waals surface area contributed by atoms with Gasteiger partial charge in [0.25, 0.3) is 0 Å². The quantitative estimate of drug-likeness (QED) is 0.724. The largest absolute Gasteiger partial charge is 0.248 e. The summed E-state index contributed by atoms with van der Waals surface area (Å²) in [5.74, 6) is 2.02. The molecule has 20 heavy (non-hydrogen) atoms. The molecule has 0 fully saturated rings. The van der Waals surface area contributed by atoms with Crippen molar-refractivity contribution in [3.63, 3.8) is 0 Å². The summed E-state index contributed by atoms with van der Waals surface area (Å²) in [5, 5.41) is 4.28. The van der Waals surface area contributed by atoms with Crippen LogP contribution in [0.25, 0.3) is 0 Å². The zero-order valence-electron chi connectivity index (χ0n) is 11.8. The summed E-state index contributed by atoms with van der Waals surface area (Å²) in [6, 6.07) is 8.73. The van der Waals surface area contributed by atoms with Crippen LogP contribution < -0.4 is 0 Å². The number of hydrogen-bond acceptors (Lipinski definition) is 2. The van der Waals surface area contributed by atoms with Gasteiger partial charge in [0.05, 0.1) is 0 Å². The SMILES string of the molecule is CC(C)n1ncnc1CC(CCl)Cc1ccc(Br)cc1. The van der Waals surface area contributed by atoms with Gasteiger partial charge in [-0.15, -0.1) is 11.6 Å². The van der Waals surface area contributed by atoms with Gasteiger partial charge in [0, 0.05) is 22.8 Å². The maximum absolute atomic E-state index is 6.13. The Balaban J connectivity index is 2.05. The highest BCUT2D eigenvalue weighted by Gasteiger charge is 2.15. The van der Waals surface area contributed by atoms with E-state index in [4.69, 9.17) is 11.6 Å². The highest BCUT2D eigenvalue weighted by Crippen LogP contribution is 2.18. The second-order valence-corrected chi connectivity index (χ2v) is 6.49. The molecule has 1 aromatic carbocycles. The minimum atomic E-state index is 0.330. The van der Waals surface area contributed by atoms with E-state index in [1.54, 1.807) is 6.33 Å². The van der Waals surface area contributed by atoms with Crippen molar-refractivity contribution >= 4 is 27.5 Å². The number of hydrogen-bond donors (Lipinski definition) is 0. The van der Waals surface area contributed by atoms with E-state index in [-0.39, 0.29) is 0 Å². The van der Waals surface area contributed by atoms with Crippen LogP contribution in [0.15, 0.2) is 35.1 Å². The molecule has 0 aliphatic heterocycles. The molecule has 1 heterocycles. The molecule has 0 bridgehead atoms. The van der Waals surface area contributed by atoms with E-state index >= 15 is 0 Å². The summed E-state index contributed by atoms with van der Waals surface area (Å²) in [5.41, 5.74) is 1.30. The van der Waals surface area contributed by atoms with Crippen molar-refractivity contribution in [2.75, 3.05) is 5.88 Å². The third-order valence-electron chi connectivity index (χ3n) is 3.26. The molecule has 0 N–H and O–H groups in total. The number of halogens is 2. The molecular weight excluding hydrogens is 338 g/mol. The molecule has 5 heteroatoms. The Morgan fingerprint density at radius 3 is 2.50 bits per heavy atom. The van der Waals surface area contributed by atoms with Crippen molar-refractivity contribution in [1.82, 2.24) is 14.8 Å². The van der Waals surface area contributed by atoms with Gasteiger partial charge in [-0.25, -0.2) is 9.67 Å². The Bertz CT molecular complexity index is 536. The molecular formula is C15H19BrClN3. The number of aromatic nitrogens is 3. The van der Waals surface area contributed by atoms with Gasteiger partial charge in [-0.3, -0.25) is 0 Å². The van der Waals surface area contributed by atoms with E-state index in [0.29, 0.717) is 17.8 Å². The molecule has 0 aliphatic carbocycles. The number of benzene rings is 1. The molecule has 0 saturated heterocycles. The van der Waals surface area contributed by atoms with Crippen LogP contribution in [0.2, 0.25) is 0 Å². The van der Waals surface area contributed by atoms with Crippen molar-refractivity contribution in [2.45, 2.75) is 32.7 Å². The Morgan fingerprint density at radius 1 is 1.20 bits per heavy atom. The van der Waals surface area contributed by atoms with Gasteiger partial charge in [0.1, 0.15) is 12.2 Å². The van der Waals surface area contributed by atoms with Crippen molar-refractivity contribution < 1.29 is 0 Å². The van der Waals surface area contributed by atoms with Crippen LogP contribution in [-0.4, -0.2) is 20.6 Å². The lowest BCUT2D eigenvalue weighted by molar-refractivity contribution is 0.472. The van der Waals surface area contributed by atoms with Crippen LogP contribution in [0.4, 0.5) is 0 Å². The van der Waals surface area contributed by atoms with Crippen LogP contribution in [0.3, 0.4) is 0 Å². The van der Waals surface area contributed by atoms with E-state index in [2.05, 4.69) is 64.1 Å². The van der Waals surface area contributed by atoms with Gasteiger partial charge < -0.3 is 0 Å². The molecule has 2 rings (SSSR count). The van der Waals surface area contributed by atoms with Crippen molar-refractivity contribution in [3.8, 4) is 0 Å². The summed E-state index contributed by atoms with van der Waals surface area (Å²) >= 11 is 9.59. The van der Waals surface area contributed by atoms with E-state index in [0.717, 1.165) is 23.1 Å². The first kappa shape index (κ1) is 15.5. The van der Waals surface area contributed by atoms with Crippen LogP contribution >= 0.6 is 27.5 Å². The Labute approximate surface area is 133 Å². The fourth-order valence-corrected chi connectivity index (χ4v) is 2.73. The number of rotatable bonds is 6. The van der Waals surface area contributed by atoms with Crippen LogP contribution in [0, 0.1) is 5.92 Å². The molecule has 1 aromatic heterocycles. The molecule has 0 spiro atoms. The summed E-state index contributed by atoms with van der Waals surface area (Å²) in [4.78, 5) is 4.37. The molecule has 0 radical (unpaired) electrons. The molecule has 108 valence electrons. The Kier molecular flexibility index (Phi) is 5.61. The van der Waals surface area contributed by atoms with Crippen LogP contribution in [-0.2, 0) is 12.8 Å². The Hall–Kier alpha value is -0.870. The molecule has 0 amide bonds. The van der Waals surface area contributed by atoms with Gasteiger partial charge in [0.2, 0.25) is 0 Å². The average Bonchev–Trinajstić information content (AvgIpc) is 2.88. The molecule has 3 nitrogen and oxygen atoms in total. The Morgan fingerprint density at radius 2 is 1.90 bits per heavy atom. The standard InChI is InChI=1S/C15H19BrClN3/c1-11(2)20-15(18-10-19-20)8-13(9-17)7-12-3-5-14(16)6-4-12/h3-6,10-11,13H,7-9H2,1-2H3. The smallest absolute Gasteiger partial charge is 0.138 e. The fourth-order valence-electron chi connectivity index (χ4n) is 2.24. The molecule has 1 unspecified atom stereocenters. The highest BCUT2D eigenvalue weighted by atomic mass is 79.9. The minimum Gasteiger partial charge on any atom is -0.248 e. The number of nitrogens with zero attached hydrogens (tertiary/aromatic N) is 3. The van der Waals surface area contributed by atoms with Gasteiger partial charge in [-0.2, -0.15) is 5.10 Å². The van der Waals surface area contributed by atoms with E-state index < -0.39 is 0 Å². The van der Waals surface area contributed by atoms with Crippen molar-refractivity contribution in [3.05, 3.63) is 46.5 Å². The fraction of sp³-hybridized carbons (Fsp3) is 0.467. The molecule has 1 atom stereocenters. The topological polar surface area (TPSA) is 30.7 Å². The van der Waals surface area contributed by atoms with Crippen molar-refractivity contribution in [1.29, 1.82) is 0 Å².